The number of hydrogen-bond acceptors (Lipinski definition) is 2. The fourth-order valence-corrected chi connectivity index (χ4v) is 2.09. The van der Waals surface area contributed by atoms with Crippen LogP contribution in [0.25, 0.3) is 0 Å². The lowest BCUT2D eigenvalue weighted by Crippen LogP contribution is -1.94. The molecule has 0 saturated carbocycles. The zero-order chi connectivity index (χ0) is 17.4. The molecule has 0 aliphatic rings. The summed E-state index contributed by atoms with van der Waals surface area (Å²) in [7, 11) is 0. The highest BCUT2D eigenvalue weighted by atomic mass is 14.7. The molecular weight excluding hydrogens is 280 g/mol. The molecule has 0 spiro atoms. The minimum atomic E-state index is 0.534. The smallest absolute Gasteiger partial charge is 0.0429 e. The Labute approximate surface area is 142 Å². The summed E-state index contributed by atoms with van der Waals surface area (Å²) < 4.78 is 0. The van der Waals surface area contributed by atoms with Gasteiger partial charge in [0, 0.05) is 23.8 Å². The monoisotopic (exact) mass is 312 g/mol. The van der Waals surface area contributed by atoms with Gasteiger partial charge in [0.2, 0.25) is 0 Å². The van der Waals surface area contributed by atoms with Crippen LogP contribution < -0.4 is 0 Å². The van der Waals surface area contributed by atoms with Gasteiger partial charge in [-0.1, -0.05) is 60.6 Å². The fourth-order valence-electron chi connectivity index (χ4n) is 2.09. The minimum Gasteiger partial charge on any atom is -0.261 e. The second kappa shape index (κ2) is 9.44. The third kappa shape index (κ3) is 6.52. The molecule has 0 radical (unpaired) electrons. The van der Waals surface area contributed by atoms with Crippen molar-refractivity contribution >= 4 is 0 Å². The van der Waals surface area contributed by atoms with Crippen LogP contribution in [0.2, 0.25) is 0 Å². The topological polar surface area (TPSA) is 25.8 Å². The summed E-state index contributed by atoms with van der Waals surface area (Å²) >= 11 is 0. The van der Waals surface area contributed by atoms with Gasteiger partial charge in [-0.05, 0) is 47.4 Å². The van der Waals surface area contributed by atoms with Gasteiger partial charge in [-0.3, -0.25) is 9.97 Å². The largest absolute Gasteiger partial charge is 0.261 e. The van der Waals surface area contributed by atoms with Crippen LogP contribution in [0.4, 0.5) is 0 Å². The van der Waals surface area contributed by atoms with E-state index in [0.29, 0.717) is 17.8 Å². The molecule has 23 heavy (non-hydrogen) atoms. The van der Waals surface area contributed by atoms with Crippen molar-refractivity contribution in [1.82, 2.24) is 9.97 Å². The molecule has 0 aliphatic heterocycles. The fraction of sp³-hybridized carbons (Fsp3) is 0.524. The highest BCUT2D eigenvalue weighted by Crippen LogP contribution is 2.16. The molecule has 2 aromatic heterocycles. The van der Waals surface area contributed by atoms with Crippen LogP contribution in [-0.4, -0.2) is 9.97 Å². The maximum Gasteiger partial charge on any atom is 0.0429 e. The summed E-state index contributed by atoms with van der Waals surface area (Å²) in [4.78, 5) is 8.72. The number of aromatic nitrogens is 2. The first-order chi connectivity index (χ1) is 10.8. The number of aryl methyl sites for hydroxylation is 1. The van der Waals surface area contributed by atoms with Crippen molar-refractivity contribution in [2.24, 2.45) is 0 Å². The highest BCUT2D eigenvalue weighted by Gasteiger charge is 2.02. The molecule has 2 heterocycles. The van der Waals surface area contributed by atoms with Crippen molar-refractivity contribution in [3.8, 4) is 0 Å². The van der Waals surface area contributed by atoms with Gasteiger partial charge in [0.05, 0.1) is 0 Å². The molecule has 126 valence electrons. The Kier molecular flexibility index (Phi) is 7.94. The van der Waals surface area contributed by atoms with Crippen LogP contribution in [0, 0.1) is 0 Å². The van der Waals surface area contributed by atoms with E-state index in [-0.39, 0.29) is 0 Å². The van der Waals surface area contributed by atoms with E-state index in [0.717, 1.165) is 6.42 Å². The molecule has 0 unspecified atom stereocenters. The third-order valence-electron chi connectivity index (χ3n) is 3.94. The lowest BCUT2D eigenvalue weighted by Gasteiger charge is -2.07. The van der Waals surface area contributed by atoms with E-state index >= 15 is 0 Å². The summed E-state index contributed by atoms with van der Waals surface area (Å²) in [6.07, 6.45) is 4.99. The van der Waals surface area contributed by atoms with E-state index < -0.39 is 0 Å². The summed E-state index contributed by atoms with van der Waals surface area (Å²) in [5.74, 6) is 1.71. The van der Waals surface area contributed by atoms with Gasteiger partial charge < -0.3 is 0 Å². The predicted octanol–water partition coefficient (Wildman–Crippen LogP) is 6.10. The molecule has 0 fully saturated rings. The molecular formula is C21H32N2. The van der Waals surface area contributed by atoms with Gasteiger partial charge >= 0.3 is 0 Å². The maximum atomic E-state index is 4.40. The van der Waals surface area contributed by atoms with Crippen LogP contribution in [0.15, 0.2) is 36.7 Å². The summed E-state index contributed by atoms with van der Waals surface area (Å²) in [6, 6.07) is 8.57. The first-order valence-corrected chi connectivity index (χ1v) is 8.75. The van der Waals surface area contributed by atoms with Crippen molar-refractivity contribution in [1.29, 1.82) is 0 Å². The molecule has 2 heteroatoms. The predicted molar refractivity (Wildman–Crippen MR) is 100 cm³/mol. The summed E-state index contributed by atoms with van der Waals surface area (Å²) in [5.41, 5.74) is 5.00. The van der Waals surface area contributed by atoms with Crippen LogP contribution in [0.3, 0.4) is 0 Å². The second-order valence-corrected chi connectivity index (χ2v) is 6.92. The average Bonchev–Trinajstić information content (AvgIpc) is 2.55. The first-order valence-electron chi connectivity index (χ1n) is 8.75. The summed E-state index contributed by atoms with van der Waals surface area (Å²) in [6.45, 7) is 15.2. The molecule has 0 aromatic carbocycles. The second-order valence-electron chi connectivity index (χ2n) is 6.92. The van der Waals surface area contributed by atoms with Gasteiger partial charge in [0.25, 0.3) is 0 Å². The lowest BCUT2D eigenvalue weighted by molar-refractivity contribution is 0.802. The van der Waals surface area contributed by atoms with Crippen molar-refractivity contribution in [3.05, 3.63) is 59.2 Å². The molecule has 2 rings (SSSR count). The van der Waals surface area contributed by atoms with E-state index in [9.17, 15) is 0 Å². The Bertz CT molecular complexity index is 524. The Balaban J connectivity index is 0.000000231. The third-order valence-corrected chi connectivity index (χ3v) is 3.94. The van der Waals surface area contributed by atoms with Crippen LogP contribution >= 0.6 is 0 Å². The SMILES string of the molecule is CC(C)c1ccc(C(C)C)nc1.CCc1ccc(C(C)C)cn1. The van der Waals surface area contributed by atoms with Crippen LogP contribution in [0.5, 0.6) is 0 Å². The van der Waals surface area contributed by atoms with E-state index in [1.54, 1.807) is 0 Å². The van der Waals surface area contributed by atoms with Gasteiger partial charge in [0.15, 0.2) is 0 Å². The van der Waals surface area contributed by atoms with Gasteiger partial charge in [-0.25, -0.2) is 0 Å². The van der Waals surface area contributed by atoms with Crippen LogP contribution in [-0.2, 0) is 6.42 Å². The normalized spacial score (nSPS) is 10.9. The lowest BCUT2D eigenvalue weighted by atomic mass is 10.0. The maximum absolute atomic E-state index is 4.40. The standard InChI is InChI=1S/C11H17N.C10H15N/c1-8(2)10-5-6-11(9(3)4)12-7-10;1-4-10-6-5-9(7-11-10)8(2)3/h5-9H,1-4H3;5-8H,4H2,1-3H3. The zero-order valence-electron chi connectivity index (χ0n) is 15.8. The Morgan fingerprint density at radius 1 is 0.696 bits per heavy atom. The van der Waals surface area contributed by atoms with Gasteiger partial charge in [-0.2, -0.15) is 0 Å². The average molecular weight is 313 g/mol. The number of rotatable bonds is 4. The molecule has 0 aliphatic carbocycles. The van der Waals surface area contributed by atoms with Crippen molar-refractivity contribution in [3.63, 3.8) is 0 Å². The zero-order valence-corrected chi connectivity index (χ0v) is 15.8. The Morgan fingerprint density at radius 3 is 1.52 bits per heavy atom. The molecule has 0 N–H and O–H groups in total. The molecule has 2 nitrogen and oxygen atoms in total. The van der Waals surface area contributed by atoms with Gasteiger partial charge in [-0.15, -0.1) is 0 Å². The van der Waals surface area contributed by atoms with Crippen molar-refractivity contribution in [2.75, 3.05) is 0 Å². The molecule has 2 aromatic rings. The minimum absolute atomic E-state index is 0.534. The Hall–Kier alpha value is -1.70. The van der Waals surface area contributed by atoms with Crippen molar-refractivity contribution in [2.45, 2.75) is 72.6 Å². The van der Waals surface area contributed by atoms with Gasteiger partial charge in [0.1, 0.15) is 0 Å². The molecule has 0 bridgehead atoms. The summed E-state index contributed by atoms with van der Waals surface area (Å²) in [5, 5.41) is 0. The van der Waals surface area contributed by atoms with E-state index in [4.69, 9.17) is 0 Å². The molecule has 0 saturated heterocycles. The van der Waals surface area contributed by atoms with E-state index in [1.807, 2.05) is 12.4 Å². The molecule has 0 atom stereocenters. The number of hydrogen-bond donors (Lipinski definition) is 0. The Morgan fingerprint density at radius 2 is 1.22 bits per heavy atom. The van der Waals surface area contributed by atoms with E-state index in [1.165, 1.54) is 22.5 Å². The number of pyridine rings is 2. The molecule has 0 amide bonds. The number of nitrogens with zero attached hydrogens (tertiary/aromatic N) is 2. The van der Waals surface area contributed by atoms with Crippen LogP contribution in [0.1, 0.15) is 88.7 Å². The van der Waals surface area contributed by atoms with Crippen molar-refractivity contribution < 1.29 is 0 Å². The van der Waals surface area contributed by atoms with E-state index in [2.05, 4.69) is 82.7 Å². The quantitative estimate of drug-likeness (QED) is 0.682. The first kappa shape index (κ1) is 19.3. The highest BCUT2D eigenvalue weighted by molar-refractivity contribution is 5.18.